The summed E-state index contributed by atoms with van der Waals surface area (Å²) in [6.07, 6.45) is 1.79. The number of rotatable bonds is 4. The number of amides is 2. The molecule has 8 nitrogen and oxygen atoms in total. The highest BCUT2D eigenvalue weighted by atomic mass is 16.4. The Bertz CT molecular complexity index is 581. The summed E-state index contributed by atoms with van der Waals surface area (Å²) in [6, 6.07) is -0.978. The topological polar surface area (TPSA) is 105 Å². The van der Waals surface area contributed by atoms with Gasteiger partial charge in [0.2, 0.25) is 5.91 Å². The fraction of sp³-hybridized carbons (Fsp3) is 0.538. The van der Waals surface area contributed by atoms with E-state index in [9.17, 15) is 14.4 Å². The van der Waals surface area contributed by atoms with Crippen molar-refractivity contribution >= 4 is 17.8 Å². The Labute approximate surface area is 121 Å². The number of nitrogens with one attached hydrogen (secondary N) is 1. The number of carbonyl (C=O) groups is 3. The molecule has 1 saturated heterocycles. The van der Waals surface area contributed by atoms with Crippen LogP contribution in [0.3, 0.4) is 0 Å². The Morgan fingerprint density at radius 3 is 2.86 bits per heavy atom. The average molecular weight is 294 g/mol. The van der Waals surface area contributed by atoms with Gasteiger partial charge in [-0.2, -0.15) is 5.10 Å². The number of nitrogens with zero attached hydrogens (tertiary/aromatic N) is 3. The second-order valence-electron chi connectivity index (χ2n) is 4.92. The normalized spacial score (nSPS) is 18.5. The molecule has 0 radical (unpaired) electrons. The summed E-state index contributed by atoms with van der Waals surface area (Å²) in [5.74, 6) is -1.89. The molecule has 2 rings (SSSR count). The number of hydrogen-bond acceptors (Lipinski definition) is 4. The van der Waals surface area contributed by atoms with Crippen molar-refractivity contribution in [2.45, 2.75) is 25.8 Å². The molecule has 2 amide bonds. The number of piperazine rings is 1. The van der Waals surface area contributed by atoms with Crippen molar-refractivity contribution in [3.63, 3.8) is 0 Å². The Balaban J connectivity index is 2.30. The molecule has 114 valence electrons. The van der Waals surface area contributed by atoms with E-state index in [-0.39, 0.29) is 5.91 Å². The second-order valence-corrected chi connectivity index (χ2v) is 4.92. The van der Waals surface area contributed by atoms with Gasteiger partial charge >= 0.3 is 5.97 Å². The third kappa shape index (κ3) is 3.04. The largest absolute Gasteiger partial charge is 0.481 e. The Morgan fingerprint density at radius 1 is 1.52 bits per heavy atom. The smallest absolute Gasteiger partial charge is 0.305 e. The summed E-state index contributed by atoms with van der Waals surface area (Å²) in [5, 5.41) is 15.7. The molecule has 8 heteroatoms. The summed E-state index contributed by atoms with van der Waals surface area (Å²) in [7, 11) is 1.72. The third-order valence-electron chi connectivity index (χ3n) is 3.43. The molecule has 1 aromatic rings. The first-order valence-electron chi connectivity index (χ1n) is 6.77. The lowest BCUT2D eigenvalue weighted by molar-refractivity contribution is -0.142. The van der Waals surface area contributed by atoms with Crippen LogP contribution in [0.25, 0.3) is 0 Å². The first-order valence-corrected chi connectivity index (χ1v) is 6.77. The van der Waals surface area contributed by atoms with Crippen molar-refractivity contribution in [1.82, 2.24) is 20.0 Å². The summed E-state index contributed by atoms with van der Waals surface area (Å²) < 4.78 is 1.54. The lowest BCUT2D eigenvalue weighted by atomic mass is 10.1. The third-order valence-corrected chi connectivity index (χ3v) is 3.43. The van der Waals surface area contributed by atoms with Crippen LogP contribution in [0.15, 0.2) is 6.20 Å². The van der Waals surface area contributed by atoms with Crippen molar-refractivity contribution in [3.05, 3.63) is 17.5 Å². The minimum Gasteiger partial charge on any atom is -0.481 e. The monoisotopic (exact) mass is 294 g/mol. The van der Waals surface area contributed by atoms with Crippen LogP contribution < -0.4 is 5.32 Å². The Hall–Kier alpha value is -2.38. The number of aryl methyl sites for hydroxylation is 2. The van der Waals surface area contributed by atoms with Crippen LogP contribution in [0.2, 0.25) is 0 Å². The molecule has 1 atom stereocenters. The van der Waals surface area contributed by atoms with E-state index in [1.807, 2.05) is 6.92 Å². The molecule has 1 unspecified atom stereocenters. The number of carboxylic acid groups (broad SMARTS) is 1. The van der Waals surface area contributed by atoms with E-state index < -0.39 is 24.3 Å². The van der Waals surface area contributed by atoms with Crippen LogP contribution in [0.5, 0.6) is 0 Å². The molecular formula is C13H18N4O4. The summed E-state index contributed by atoms with van der Waals surface area (Å²) >= 11 is 0. The highest BCUT2D eigenvalue weighted by Gasteiger charge is 2.36. The zero-order chi connectivity index (χ0) is 15.6. The minimum absolute atomic E-state index is 0.292. The van der Waals surface area contributed by atoms with Gasteiger partial charge in [-0.25, -0.2) is 0 Å². The zero-order valence-electron chi connectivity index (χ0n) is 12.0. The maximum atomic E-state index is 12.6. The highest BCUT2D eigenvalue weighted by molar-refractivity contribution is 5.99. The van der Waals surface area contributed by atoms with E-state index in [0.29, 0.717) is 30.8 Å². The molecular weight excluding hydrogens is 276 g/mol. The van der Waals surface area contributed by atoms with Crippen LogP contribution in [-0.2, 0) is 23.1 Å². The molecule has 0 aliphatic carbocycles. The molecule has 0 saturated carbocycles. The fourth-order valence-electron chi connectivity index (χ4n) is 2.46. The van der Waals surface area contributed by atoms with Gasteiger partial charge in [-0.05, 0) is 6.42 Å². The maximum absolute atomic E-state index is 12.6. The molecule has 2 heterocycles. The molecule has 0 spiro atoms. The second kappa shape index (κ2) is 5.94. The van der Waals surface area contributed by atoms with Crippen molar-refractivity contribution in [1.29, 1.82) is 0 Å². The molecule has 1 aliphatic rings. The fourth-order valence-corrected chi connectivity index (χ4v) is 2.46. The van der Waals surface area contributed by atoms with Crippen molar-refractivity contribution < 1.29 is 19.5 Å². The molecule has 21 heavy (non-hydrogen) atoms. The van der Waals surface area contributed by atoms with Crippen molar-refractivity contribution in [2.24, 2.45) is 7.05 Å². The lowest BCUT2D eigenvalue weighted by Gasteiger charge is -2.34. The number of carboxylic acids is 1. The Kier molecular flexibility index (Phi) is 4.25. The van der Waals surface area contributed by atoms with E-state index in [1.165, 1.54) is 4.90 Å². The van der Waals surface area contributed by atoms with Gasteiger partial charge < -0.3 is 15.3 Å². The van der Waals surface area contributed by atoms with Gasteiger partial charge in [-0.1, -0.05) is 6.92 Å². The van der Waals surface area contributed by atoms with Gasteiger partial charge in [-0.15, -0.1) is 0 Å². The summed E-state index contributed by atoms with van der Waals surface area (Å²) in [5.41, 5.74) is 1.06. The Morgan fingerprint density at radius 2 is 2.24 bits per heavy atom. The zero-order valence-corrected chi connectivity index (χ0v) is 12.0. The lowest BCUT2D eigenvalue weighted by Crippen LogP contribution is -2.57. The summed E-state index contributed by atoms with van der Waals surface area (Å²) in [6.45, 7) is 2.50. The van der Waals surface area contributed by atoms with Gasteiger partial charge in [0.1, 0.15) is 6.04 Å². The summed E-state index contributed by atoms with van der Waals surface area (Å²) in [4.78, 5) is 36.7. The molecule has 0 aromatic carbocycles. The molecule has 0 bridgehead atoms. The maximum Gasteiger partial charge on any atom is 0.305 e. The van der Waals surface area contributed by atoms with Crippen LogP contribution in [0.1, 0.15) is 29.4 Å². The highest BCUT2D eigenvalue weighted by Crippen LogP contribution is 2.16. The molecule has 1 fully saturated rings. The van der Waals surface area contributed by atoms with Crippen molar-refractivity contribution in [3.8, 4) is 0 Å². The molecule has 2 N–H and O–H groups in total. The van der Waals surface area contributed by atoms with E-state index in [2.05, 4.69) is 10.4 Å². The van der Waals surface area contributed by atoms with Crippen LogP contribution in [-0.4, -0.2) is 56.7 Å². The van der Waals surface area contributed by atoms with Gasteiger partial charge in [0.25, 0.3) is 5.91 Å². The van der Waals surface area contributed by atoms with Gasteiger partial charge in [-0.3, -0.25) is 19.1 Å². The van der Waals surface area contributed by atoms with E-state index >= 15 is 0 Å². The van der Waals surface area contributed by atoms with Gasteiger partial charge in [0.15, 0.2) is 0 Å². The number of aliphatic carboxylic acids is 1. The van der Waals surface area contributed by atoms with E-state index in [4.69, 9.17) is 5.11 Å². The molecule has 1 aromatic heterocycles. The van der Waals surface area contributed by atoms with Crippen molar-refractivity contribution in [2.75, 3.05) is 13.1 Å². The van der Waals surface area contributed by atoms with E-state index in [1.54, 1.807) is 17.9 Å². The predicted molar refractivity (Wildman–Crippen MR) is 72.7 cm³/mol. The number of aromatic nitrogens is 2. The minimum atomic E-state index is -1.11. The SMILES string of the molecule is CCc1nn(C)cc1C(=O)N1CCNC(=O)C1CC(=O)O. The average Bonchev–Trinajstić information content (AvgIpc) is 2.81. The quantitative estimate of drug-likeness (QED) is 0.771. The molecule has 1 aliphatic heterocycles. The van der Waals surface area contributed by atoms with Gasteiger partial charge in [0.05, 0.1) is 17.7 Å². The van der Waals surface area contributed by atoms with E-state index in [0.717, 1.165) is 0 Å². The van der Waals surface area contributed by atoms with Crippen LogP contribution >= 0.6 is 0 Å². The standard InChI is InChI=1S/C13H18N4O4/c1-3-9-8(7-16(2)15-9)13(21)17-5-4-14-12(20)10(17)6-11(18)19/h7,10H,3-6H2,1-2H3,(H,14,20)(H,18,19). The number of hydrogen-bond donors (Lipinski definition) is 2. The first-order chi connectivity index (χ1) is 9.93. The van der Waals surface area contributed by atoms with Crippen LogP contribution in [0.4, 0.5) is 0 Å². The first kappa shape index (κ1) is 15.0. The predicted octanol–water partition coefficient (Wildman–Crippen LogP) is -0.602. The van der Waals surface area contributed by atoms with Gasteiger partial charge in [0, 0.05) is 26.3 Å². The van der Waals surface area contributed by atoms with Crippen LogP contribution in [0, 0.1) is 0 Å². The number of carbonyl (C=O) groups excluding carboxylic acids is 2.